The summed E-state index contributed by atoms with van der Waals surface area (Å²) < 4.78 is 1.26. The molecule has 0 atom stereocenters. The third kappa shape index (κ3) is 3.20. The van der Waals surface area contributed by atoms with Gasteiger partial charge in [0.05, 0.1) is 0 Å². The lowest BCUT2D eigenvalue weighted by Crippen LogP contribution is -2.02. The maximum absolute atomic E-state index is 3.68. The van der Waals surface area contributed by atoms with E-state index in [1.807, 2.05) is 0 Å². The van der Waals surface area contributed by atoms with Crippen LogP contribution in [-0.2, 0) is 0 Å². The Morgan fingerprint density at radius 1 is 1.07 bits per heavy atom. The third-order valence-corrected chi connectivity index (χ3v) is 3.80. The fourth-order valence-corrected chi connectivity index (χ4v) is 2.84. The summed E-state index contributed by atoms with van der Waals surface area (Å²) in [5.41, 5.74) is 1.29. The predicted octanol–water partition coefficient (Wildman–Crippen LogP) is 5.00. The molecule has 80 valence electrons. The van der Waals surface area contributed by atoms with E-state index in [1.165, 1.54) is 42.1 Å². The lowest BCUT2D eigenvalue weighted by molar-refractivity contribution is 0.420. The minimum absolute atomic E-state index is 0.785. The second kappa shape index (κ2) is 5.50. The summed E-state index contributed by atoms with van der Waals surface area (Å²) in [5.74, 6) is 0.785. The highest BCUT2D eigenvalue weighted by Gasteiger charge is 2.11. The molecule has 1 aromatic rings. The lowest BCUT2D eigenvalue weighted by Gasteiger charge is -2.18. The Kier molecular flexibility index (Phi) is 4.01. The Hall–Kier alpha value is -0.560. The minimum Gasteiger partial charge on any atom is -0.0665 e. The monoisotopic (exact) mass is 264 g/mol. The van der Waals surface area contributed by atoms with Gasteiger partial charge in [0.15, 0.2) is 0 Å². The lowest BCUT2D eigenvalue weighted by atomic mass is 9.89. The van der Waals surface area contributed by atoms with Crippen molar-refractivity contribution in [3.63, 3.8) is 0 Å². The summed E-state index contributed by atoms with van der Waals surface area (Å²) in [6, 6.07) is 10.5. The number of allylic oxidation sites excluding steroid dienone is 1. The zero-order chi connectivity index (χ0) is 10.5. The van der Waals surface area contributed by atoms with Crippen LogP contribution in [0.4, 0.5) is 0 Å². The number of halogens is 1. The summed E-state index contributed by atoms with van der Waals surface area (Å²) in [4.78, 5) is 0. The van der Waals surface area contributed by atoms with Gasteiger partial charge in [0.25, 0.3) is 0 Å². The quantitative estimate of drug-likeness (QED) is 0.705. The first-order valence-corrected chi connectivity index (χ1v) is 6.58. The van der Waals surface area contributed by atoms with Crippen molar-refractivity contribution in [3.05, 3.63) is 42.0 Å². The number of benzene rings is 1. The van der Waals surface area contributed by atoms with E-state index >= 15 is 0 Å². The van der Waals surface area contributed by atoms with Crippen molar-refractivity contribution in [2.75, 3.05) is 0 Å². The van der Waals surface area contributed by atoms with Crippen LogP contribution >= 0.6 is 15.9 Å². The van der Waals surface area contributed by atoms with E-state index in [0.29, 0.717) is 0 Å². The van der Waals surface area contributed by atoms with E-state index in [4.69, 9.17) is 0 Å². The number of rotatable bonds is 2. The Balaban J connectivity index is 2.06. The zero-order valence-corrected chi connectivity index (χ0v) is 10.5. The van der Waals surface area contributed by atoms with Gasteiger partial charge >= 0.3 is 0 Å². The molecule has 0 aliphatic heterocycles. The van der Waals surface area contributed by atoms with Gasteiger partial charge in [-0.1, -0.05) is 71.6 Å². The number of hydrogen-bond acceptors (Lipinski definition) is 0. The van der Waals surface area contributed by atoms with Crippen LogP contribution in [0.25, 0.3) is 4.48 Å². The standard InChI is InChI=1S/C14H17Br/c15-14(13-9-5-2-6-10-13)11-12-7-3-1-4-8-12/h2,5-6,9-12H,1,3-4,7-8H2/b14-11+. The Morgan fingerprint density at radius 2 is 1.73 bits per heavy atom. The van der Waals surface area contributed by atoms with Crippen LogP contribution in [0.3, 0.4) is 0 Å². The highest BCUT2D eigenvalue weighted by Crippen LogP contribution is 2.30. The van der Waals surface area contributed by atoms with E-state index < -0.39 is 0 Å². The van der Waals surface area contributed by atoms with Gasteiger partial charge in [0, 0.05) is 4.48 Å². The molecule has 1 fully saturated rings. The molecule has 0 nitrogen and oxygen atoms in total. The molecule has 15 heavy (non-hydrogen) atoms. The second-order valence-electron chi connectivity index (χ2n) is 4.28. The van der Waals surface area contributed by atoms with Crippen molar-refractivity contribution >= 4 is 20.4 Å². The molecule has 2 rings (SSSR count). The van der Waals surface area contributed by atoms with E-state index in [-0.39, 0.29) is 0 Å². The van der Waals surface area contributed by atoms with E-state index in [1.54, 1.807) is 0 Å². The highest BCUT2D eigenvalue weighted by molar-refractivity contribution is 9.15. The summed E-state index contributed by atoms with van der Waals surface area (Å²) in [6.45, 7) is 0. The molecule has 0 bridgehead atoms. The first-order chi connectivity index (χ1) is 7.36. The van der Waals surface area contributed by atoms with Gasteiger partial charge < -0.3 is 0 Å². The summed E-state index contributed by atoms with van der Waals surface area (Å²) >= 11 is 3.68. The maximum atomic E-state index is 3.68. The molecule has 1 heteroatoms. The molecule has 0 saturated heterocycles. The van der Waals surface area contributed by atoms with Gasteiger partial charge in [0.1, 0.15) is 0 Å². The first kappa shape index (κ1) is 10.9. The van der Waals surface area contributed by atoms with E-state index in [9.17, 15) is 0 Å². The third-order valence-electron chi connectivity index (χ3n) is 3.08. The largest absolute Gasteiger partial charge is 0.0665 e. The molecular weight excluding hydrogens is 248 g/mol. The normalized spacial score (nSPS) is 19.1. The number of hydrogen-bond donors (Lipinski definition) is 0. The molecule has 0 N–H and O–H groups in total. The first-order valence-electron chi connectivity index (χ1n) is 5.79. The molecule has 1 aliphatic carbocycles. The molecule has 1 aliphatic rings. The van der Waals surface area contributed by atoms with Crippen LogP contribution < -0.4 is 0 Å². The molecule has 0 heterocycles. The van der Waals surface area contributed by atoms with Crippen LogP contribution in [0.15, 0.2) is 36.4 Å². The SMILES string of the molecule is Br/C(=C/C1CCCCC1)c1ccccc1. The van der Waals surface area contributed by atoms with Crippen molar-refractivity contribution in [3.8, 4) is 0 Å². The van der Waals surface area contributed by atoms with Crippen LogP contribution in [0.2, 0.25) is 0 Å². The zero-order valence-electron chi connectivity index (χ0n) is 8.95. The van der Waals surface area contributed by atoms with Gasteiger partial charge in [-0.3, -0.25) is 0 Å². The molecule has 1 aromatic carbocycles. The van der Waals surface area contributed by atoms with Gasteiger partial charge in [-0.15, -0.1) is 0 Å². The summed E-state index contributed by atoms with van der Waals surface area (Å²) in [5, 5.41) is 0. The average Bonchev–Trinajstić information content (AvgIpc) is 2.31. The summed E-state index contributed by atoms with van der Waals surface area (Å²) in [6.07, 6.45) is 9.35. The van der Waals surface area contributed by atoms with Gasteiger partial charge in [-0.2, -0.15) is 0 Å². The fraction of sp³-hybridized carbons (Fsp3) is 0.429. The van der Waals surface area contributed by atoms with Crippen molar-refractivity contribution in [1.82, 2.24) is 0 Å². The van der Waals surface area contributed by atoms with Crippen LogP contribution in [0.1, 0.15) is 37.7 Å². The van der Waals surface area contributed by atoms with Crippen molar-refractivity contribution in [2.45, 2.75) is 32.1 Å². The molecule has 0 unspecified atom stereocenters. The van der Waals surface area contributed by atoms with Crippen LogP contribution in [-0.4, -0.2) is 0 Å². The molecule has 0 radical (unpaired) electrons. The highest BCUT2D eigenvalue weighted by atomic mass is 79.9. The molecule has 0 amide bonds. The molecule has 1 saturated carbocycles. The van der Waals surface area contributed by atoms with Crippen molar-refractivity contribution in [1.29, 1.82) is 0 Å². The Morgan fingerprint density at radius 3 is 2.40 bits per heavy atom. The molecule has 0 aromatic heterocycles. The predicted molar refractivity (Wildman–Crippen MR) is 69.9 cm³/mol. The topological polar surface area (TPSA) is 0 Å². The van der Waals surface area contributed by atoms with Crippen molar-refractivity contribution < 1.29 is 0 Å². The van der Waals surface area contributed by atoms with Crippen LogP contribution in [0, 0.1) is 5.92 Å². The fourth-order valence-electron chi connectivity index (χ4n) is 2.20. The Labute approximate surface area is 101 Å². The minimum atomic E-state index is 0.785. The van der Waals surface area contributed by atoms with Crippen molar-refractivity contribution in [2.24, 2.45) is 5.92 Å². The smallest absolute Gasteiger partial charge is 0.0210 e. The summed E-state index contributed by atoms with van der Waals surface area (Å²) in [7, 11) is 0. The van der Waals surface area contributed by atoms with Gasteiger partial charge in [-0.25, -0.2) is 0 Å². The van der Waals surface area contributed by atoms with Gasteiger partial charge in [-0.05, 0) is 24.3 Å². The Bertz CT molecular complexity index is 320. The van der Waals surface area contributed by atoms with E-state index in [0.717, 1.165) is 5.92 Å². The molecule has 0 spiro atoms. The van der Waals surface area contributed by atoms with E-state index in [2.05, 4.69) is 52.3 Å². The average molecular weight is 265 g/mol. The van der Waals surface area contributed by atoms with Crippen LogP contribution in [0.5, 0.6) is 0 Å². The van der Waals surface area contributed by atoms with Gasteiger partial charge in [0.2, 0.25) is 0 Å². The molecular formula is C14H17Br. The second-order valence-corrected chi connectivity index (χ2v) is 5.13. The maximum Gasteiger partial charge on any atom is 0.0210 e.